The molecule has 0 aliphatic rings. The number of rotatable bonds is 6. The van der Waals surface area contributed by atoms with Gasteiger partial charge in [0.2, 0.25) is 0 Å². The number of amides is 3. The number of primary amides is 1. The van der Waals surface area contributed by atoms with Gasteiger partial charge >= 0.3 is 6.03 Å². The maximum atomic E-state index is 12.2. The first kappa shape index (κ1) is 17.0. The van der Waals surface area contributed by atoms with Crippen LogP contribution in [0.15, 0.2) is 54.6 Å². The minimum absolute atomic E-state index is 0.417. The fourth-order valence-electron chi connectivity index (χ4n) is 2.32. The van der Waals surface area contributed by atoms with E-state index in [1.54, 1.807) is 0 Å². The Bertz CT molecular complexity index is 659. The molecular weight excluding hydrogens is 314 g/mol. The van der Waals surface area contributed by atoms with Crippen molar-refractivity contribution in [3.8, 4) is 0 Å². The standard InChI is InChI=1S/C17H18ClN3O2/c18-14-8-6-12(7-9-14)10-11-20-15(16(22)21-17(19)23)13-4-2-1-3-5-13/h1-9,15,20H,10-11H2,(H3,19,21,22,23)/p+1/t15-/m1/s1. The quantitative estimate of drug-likeness (QED) is 0.746. The summed E-state index contributed by atoms with van der Waals surface area (Å²) in [5.41, 5.74) is 7.00. The summed E-state index contributed by atoms with van der Waals surface area (Å²) >= 11 is 5.86. The van der Waals surface area contributed by atoms with Gasteiger partial charge in [0, 0.05) is 17.0 Å². The highest BCUT2D eigenvalue weighted by atomic mass is 35.5. The van der Waals surface area contributed by atoms with Gasteiger partial charge < -0.3 is 11.1 Å². The van der Waals surface area contributed by atoms with Crippen LogP contribution in [-0.4, -0.2) is 18.5 Å². The van der Waals surface area contributed by atoms with Crippen molar-refractivity contribution in [3.05, 3.63) is 70.7 Å². The molecule has 0 aliphatic heterocycles. The molecule has 0 aromatic heterocycles. The predicted molar refractivity (Wildman–Crippen MR) is 88.9 cm³/mol. The lowest BCUT2D eigenvalue weighted by molar-refractivity contribution is -0.682. The number of benzene rings is 2. The van der Waals surface area contributed by atoms with Crippen LogP contribution in [-0.2, 0) is 11.2 Å². The second-order valence-electron chi connectivity index (χ2n) is 5.14. The Morgan fingerprint density at radius 1 is 1.09 bits per heavy atom. The molecule has 0 aliphatic carbocycles. The molecule has 5 nitrogen and oxygen atoms in total. The molecule has 0 saturated heterocycles. The minimum atomic E-state index is -0.845. The SMILES string of the molecule is NC(=O)NC(=O)[C@H]([NH2+]CCc1ccc(Cl)cc1)c1ccccc1. The summed E-state index contributed by atoms with van der Waals surface area (Å²) in [6, 6.07) is 15.5. The molecule has 0 fully saturated rings. The van der Waals surface area contributed by atoms with Crippen LogP contribution in [0.5, 0.6) is 0 Å². The molecule has 5 N–H and O–H groups in total. The third-order valence-corrected chi connectivity index (χ3v) is 3.69. The molecule has 0 radical (unpaired) electrons. The number of carbonyl (C=O) groups is 2. The van der Waals surface area contributed by atoms with E-state index in [4.69, 9.17) is 17.3 Å². The zero-order chi connectivity index (χ0) is 16.7. The number of nitrogens with two attached hydrogens (primary N) is 2. The van der Waals surface area contributed by atoms with Crippen LogP contribution in [0.3, 0.4) is 0 Å². The Labute approximate surface area is 139 Å². The molecule has 1 atom stereocenters. The zero-order valence-electron chi connectivity index (χ0n) is 12.5. The second-order valence-corrected chi connectivity index (χ2v) is 5.58. The third kappa shape index (κ3) is 5.39. The van der Waals surface area contributed by atoms with Gasteiger partial charge in [0.15, 0.2) is 6.04 Å². The maximum Gasteiger partial charge on any atom is 0.319 e. The smallest absolute Gasteiger partial charge is 0.319 e. The first-order chi connectivity index (χ1) is 11.1. The topological polar surface area (TPSA) is 88.8 Å². The zero-order valence-corrected chi connectivity index (χ0v) is 13.3. The predicted octanol–water partition coefficient (Wildman–Crippen LogP) is 1.38. The number of hydrogen-bond acceptors (Lipinski definition) is 2. The normalized spacial score (nSPS) is 11.7. The minimum Gasteiger partial charge on any atom is -0.351 e. The molecule has 0 spiro atoms. The summed E-state index contributed by atoms with van der Waals surface area (Å²) in [5.74, 6) is -0.417. The van der Waals surface area contributed by atoms with Gasteiger partial charge in [0.05, 0.1) is 6.54 Å². The van der Waals surface area contributed by atoms with Gasteiger partial charge in [-0.3, -0.25) is 10.1 Å². The summed E-state index contributed by atoms with van der Waals surface area (Å²) in [6.45, 7) is 0.688. The van der Waals surface area contributed by atoms with Gasteiger partial charge in [-0.25, -0.2) is 4.79 Å². The van der Waals surface area contributed by atoms with E-state index in [9.17, 15) is 9.59 Å². The summed E-state index contributed by atoms with van der Waals surface area (Å²) < 4.78 is 0. The Kier molecular flexibility index (Phi) is 6.14. The Balaban J connectivity index is 2.01. The highest BCUT2D eigenvalue weighted by Gasteiger charge is 2.24. The van der Waals surface area contributed by atoms with Crippen molar-refractivity contribution in [1.82, 2.24) is 5.32 Å². The van der Waals surface area contributed by atoms with E-state index in [-0.39, 0.29) is 0 Å². The Hall–Kier alpha value is -2.37. The average molecular weight is 333 g/mol. The van der Waals surface area contributed by atoms with E-state index < -0.39 is 18.0 Å². The Morgan fingerprint density at radius 2 is 1.74 bits per heavy atom. The summed E-state index contributed by atoms with van der Waals surface area (Å²) in [6.07, 6.45) is 0.782. The van der Waals surface area contributed by atoms with Crippen molar-refractivity contribution in [2.75, 3.05) is 6.54 Å². The van der Waals surface area contributed by atoms with Gasteiger partial charge in [-0.15, -0.1) is 0 Å². The number of nitrogens with one attached hydrogen (secondary N) is 1. The van der Waals surface area contributed by atoms with E-state index in [1.165, 1.54) is 0 Å². The van der Waals surface area contributed by atoms with Crippen LogP contribution in [0.25, 0.3) is 0 Å². The molecule has 0 saturated carbocycles. The summed E-state index contributed by atoms with van der Waals surface area (Å²) in [5, 5.41) is 4.73. The molecule has 3 amide bonds. The lowest BCUT2D eigenvalue weighted by atomic mass is 10.1. The highest BCUT2D eigenvalue weighted by Crippen LogP contribution is 2.10. The van der Waals surface area contributed by atoms with Crippen LogP contribution in [0, 0.1) is 0 Å². The van der Waals surface area contributed by atoms with E-state index in [0.29, 0.717) is 11.6 Å². The molecule has 6 heteroatoms. The van der Waals surface area contributed by atoms with Crippen LogP contribution >= 0.6 is 11.6 Å². The summed E-state index contributed by atoms with van der Waals surface area (Å²) in [4.78, 5) is 23.1. The summed E-state index contributed by atoms with van der Waals surface area (Å²) in [7, 11) is 0. The second kappa shape index (κ2) is 8.31. The van der Waals surface area contributed by atoms with Gasteiger partial charge in [0.25, 0.3) is 5.91 Å². The van der Waals surface area contributed by atoms with E-state index in [0.717, 1.165) is 17.5 Å². The number of carbonyl (C=O) groups excluding carboxylic acids is 2. The largest absolute Gasteiger partial charge is 0.351 e. The fourth-order valence-corrected chi connectivity index (χ4v) is 2.45. The lowest BCUT2D eigenvalue weighted by Crippen LogP contribution is -2.88. The molecule has 23 heavy (non-hydrogen) atoms. The number of halogens is 1. The van der Waals surface area contributed by atoms with Crippen molar-refractivity contribution < 1.29 is 14.9 Å². The van der Waals surface area contributed by atoms with Crippen molar-refractivity contribution in [3.63, 3.8) is 0 Å². The van der Waals surface area contributed by atoms with Crippen molar-refractivity contribution in [2.45, 2.75) is 12.5 Å². The molecule has 2 rings (SSSR count). The fraction of sp³-hybridized carbons (Fsp3) is 0.176. The van der Waals surface area contributed by atoms with Crippen molar-refractivity contribution in [2.24, 2.45) is 5.73 Å². The monoisotopic (exact) mass is 332 g/mol. The van der Waals surface area contributed by atoms with Gasteiger partial charge in [-0.05, 0) is 17.7 Å². The maximum absolute atomic E-state index is 12.2. The number of imide groups is 1. The van der Waals surface area contributed by atoms with E-state index in [1.807, 2.05) is 59.9 Å². The first-order valence-electron chi connectivity index (χ1n) is 7.29. The molecule has 2 aromatic rings. The van der Waals surface area contributed by atoms with E-state index >= 15 is 0 Å². The van der Waals surface area contributed by atoms with Gasteiger partial charge in [0.1, 0.15) is 0 Å². The van der Waals surface area contributed by atoms with Gasteiger partial charge in [-0.1, -0.05) is 54.1 Å². The Morgan fingerprint density at radius 3 is 2.35 bits per heavy atom. The highest BCUT2D eigenvalue weighted by molar-refractivity contribution is 6.30. The number of quaternary nitrogens is 1. The first-order valence-corrected chi connectivity index (χ1v) is 7.67. The third-order valence-electron chi connectivity index (χ3n) is 3.44. The van der Waals surface area contributed by atoms with Gasteiger partial charge in [-0.2, -0.15) is 0 Å². The van der Waals surface area contributed by atoms with E-state index in [2.05, 4.69) is 5.32 Å². The molecule has 120 valence electrons. The molecule has 0 heterocycles. The van der Waals surface area contributed by atoms with Crippen molar-refractivity contribution in [1.29, 1.82) is 0 Å². The van der Waals surface area contributed by atoms with Crippen molar-refractivity contribution >= 4 is 23.5 Å². The number of urea groups is 1. The number of hydrogen-bond donors (Lipinski definition) is 3. The molecule has 2 aromatic carbocycles. The molecule has 0 unspecified atom stereocenters. The van der Waals surface area contributed by atoms with Crippen LogP contribution < -0.4 is 16.4 Å². The van der Waals surface area contributed by atoms with Crippen LogP contribution in [0.1, 0.15) is 17.2 Å². The molecular formula is C17H19ClN3O2+. The van der Waals surface area contributed by atoms with Crippen LogP contribution in [0.2, 0.25) is 5.02 Å². The lowest BCUT2D eigenvalue weighted by Gasteiger charge is -2.14. The average Bonchev–Trinajstić information content (AvgIpc) is 2.53. The molecule has 0 bridgehead atoms. The van der Waals surface area contributed by atoms with Crippen LogP contribution in [0.4, 0.5) is 4.79 Å².